The average Bonchev–Trinajstić information content (AvgIpc) is 2.27. The second kappa shape index (κ2) is 4.95. The molecule has 0 aromatic heterocycles. The van der Waals surface area contributed by atoms with E-state index in [1.54, 1.807) is 0 Å². The largest absolute Gasteiger partial charge is 0.469 e. The van der Waals surface area contributed by atoms with Crippen molar-refractivity contribution in [2.45, 2.75) is 18.9 Å². The van der Waals surface area contributed by atoms with Crippen molar-refractivity contribution in [1.82, 2.24) is 5.32 Å². The molecule has 0 bridgehead atoms. The number of esters is 2. The van der Waals surface area contributed by atoms with Crippen molar-refractivity contribution in [1.29, 1.82) is 0 Å². The fraction of sp³-hybridized carbons (Fsp3) is 0.778. The van der Waals surface area contributed by atoms with Crippen LogP contribution in [0.4, 0.5) is 0 Å². The van der Waals surface area contributed by atoms with Crippen molar-refractivity contribution >= 4 is 11.9 Å². The summed E-state index contributed by atoms with van der Waals surface area (Å²) < 4.78 is 9.23. The Balaban J connectivity index is 2.68. The third kappa shape index (κ3) is 2.23. The predicted molar refractivity (Wildman–Crippen MR) is 48.5 cm³/mol. The van der Waals surface area contributed by atoms with Crippen molar-refractivity contribution in [2.75, 3.05) is 20.8 Å². The molecule has 0 aliphatic carbocycles. The molecule has 1 saturated heterocycles. The number of hydrogen-bond acceptors (Lipinski definition) is 5. The van der Waals surface area contributed by atoms with Crippen molar-refractivity contribution in [3.8, 4) is 0 Å². The molecule has 1 aliphatic heterocycles. The summed E-state index contributed by atoms with van der Waals surface area (Å²) >= 11 is 0. The Morgan fingerprint density at radius 2 is 1.86 bits per heavy atom. The summed E-state index contributed by atoms with van der Waals surface area (Å²) in [5.41, 5.74) is 0. The fourth-order valence-electron chi connectivity index (χ4n) is 1.67. The summed E-state index contributed by atoms with van der Waals surface area (Å²) in [7, 11) is 2.64. The lowest BCUT2D eigenvalue weighted by Crippen LogP contribution is -2.50. The first-order chi connectivity index (χ1) is 6.70. The molecule has 5 heteroatoms. The molecule has 0 unspecified atom stereocenters. The van der Waals surface area contributed by atoms with Gasteiger partial charge in [-0.25, -0.2) is 0 Å². The molecule has 0 amide bonds. The minimum absolute atomic E-state index is 0.354. The van der Waals surface area contributed by atoms with Gasteiger partial charge in [0, 0.05) is 0 Å². The van der Waals surface area contributed by atoms with Crippen LogP contribution in [0.25, 0.3) is 0 Å². The highest BCUT2D eigenvalue weighted by molar-refractivity contribution is 5.84. The van der Waals surface area contributed by atoms with Crippen molar-refractivity contribution in [3.63, 3.8) is 0 Å². The fourth-order valence-corrected chi connectivity index (χ4v) is 1.67. The summed E-state index contributed by atoms with van der Waals surface area (Å²) in [6.07, 6.45) is 1.53. The number of carbonyl (C=O) groups excluding carboxylic acids is 2. The van der Waals surface area contributed by atoms with Gasteiger partial charge < -0.3 is 14.8 Å². The molecule has 0 spiro atoms. The Bertz CT molecular complexity index is 205. The molecule has 14 heavy (non-hydrogen) atoms. The van der Waals surface area contributed by atoms with Crippen molar-refractivity contribution in [3.05, 3.63) is 0 Å². The standard InChI is InChI=1S/C9H15NO4/c1-13-8(11)6-4-3-5-10-7(6)9(12)14-2/h6-7,10H,3-5H2,1-2H3/t6-,7+/m1/s1. The number of nitrogens with one attached hydrogen (secondary N) is 1. The molecule has 0 saturated carbocycles. The molecule has 1 rings (SSSR count). The van der Waals surface area contributed by atoms with E-state index in [1.807, 2.05) is 0 Å². The average molecular weight is 201 g/mol. The highest BCUT2D eigenvalue weighted by Crippen LogP contribution is 2.18. The smallest absolute Gasteiger partial charge is 0.323 e. The van der Waals surface area contributed by atoms with Crippen LogP contribution in [0.5, 0.6) is 0 Å². The molecule has 0 aromatic carbocycles. The van der Waals surface area contributed by atoms with Gasteiger partial charge >= 0.3 is 11.9 Å². The number of ether oxygens (including phenoxy) is 2. The zero-order valence-corrected chi connectivity index (χ0v) is 8.41. The van der Waals surface area contributed by atoms with Gasteiger partial charge in [-0.05, 0) is 19.4 Å². The lowest BCUT2D eigenvalue weighted by atomic mass is 9.91. The highest BCUT2D eigenvalue weighted by atomic mass is 16.5. The Morgan fingerprint density at radius 3 is 2.43 bits per heavy atom. The Morgan fingerprint density at radius 1 is 1.21 bits per heavy atom. The summed E-state index contributed by atoms with van der Waals surface area (Å²) in [6.45, 7) is 0.729. The molecule has 1 aliphatic rings. The van der Waals surface area contributed by atoms with Crippen LogP contribution in [0, 0.1) is 5.92 Å². The predicted octanol–water partition coefficient (Wildman–Crippen LogP) is -0.299. The Labute approximate surface area is 82.8 Å². The molecular weight excluding hydrogens is 186 g/mol. The zero-order chi connectivity index (χ0) is 10.6. The van der Waals surface area contributed by atoms with Crippen molar-refractivity contribution in [2.24, 2.45) is 5.92 Å². The molecule has 1 heterocycles. The van der Waals surface area contributed by atoms with Crippen LogP contribution in [0.3, 0.4) is 0 Å². The lowest BCUT2D eigenvalue weighted by Gasteiger charge is -2.28. The minimum Gasteiger partial charge on any atom is -0.469 e. The molecule has 1 N–H and O–H groups in total. The molecule has 0 radical (unpaired) electrons. The lowest BCUT2D eigenvalue weighted by molar-refractivity contribution is -0.156. The Hall–Kier alpha value is -1.10. The first-order valence-electron chi connectivity index (χ1n) is 4.59. The quantitative estimate of drug-likeness (QED) is 0.621. The molecule has 1 fully saturated rings. The van der Waals surface area contributed by atoms with Crippen LogP contribution in [-0.4, -0.2) is 38.7 Å². The van der Waals surface area contributed by atoms with Gasteiger partial charge in [-0.15, -0.1) is 0 Å². The van der Waals surface area contributed by atoms with E-state index in [0.717, 1.165) is 13.0 Å². The van der Waals surface area contributed by atoms with Crippen LogP contribution >= 0.6 is 0 Å². The first kappa shape index (κ1) is 11.0. The van der Waals surface area contributed by atoms with Crippen LogP contribution in [0.2, 0.25) is 0 Å². The Kier molecular flexibility index (Phi) is 3.88. The SMILES string of the molecule is COC(=O)[C@H]1NCCC[C@H]1C(=O)OC. The summed E-state index contributed by atoms with van der Waals surface area (Å²) in [5.74, 6) is -1.17. The monoisotopic (exact) mass is 201 g/mol. The molecular formula is C9H15NO4. The van der Waals surface area contributed by atoms with E-state index in [4.69, 9.17) is 0 Å². The van der Waals surface area contributed by atoms with Crippen LogP contribution < -0.4 is 5.32 Å². The summed E-state index contributed by atoms with van der Waals surface area (Å²) in [4.78, 5) is 22.6. The van der Waals surface area contributed by atoms with Gasteiger partial charge in [-0.2, -0.15) is 0 Å². The minimum atomic E-state index is -0.554. The van der Waals surface area contributed by atoms with Crippen LogP contribution in [-0.2, 0) is 19.1 Å². The number of rotatable bonds is 2. The van der Waals surface area contributed by atoms with Gasteiger partial charge in [0.25, 0.3) is 0 Å². The van der Waals surface area contributed by atoms with Gasteiger partial charge in [0.05, 0.1) is 20.1 Å². The van der Waals surface area contributed by atoms with E-state index in [1.165, 1.54) is 14.2 Å². The van der Waals surface area contributed by atoms with E-state index < -0.39 is 17.9 Å². The number of hydrogen-bond donors (Lipinski definition) is 1. The summed E-state index contributed by atoms with van der Waals surface area (Å²) in [6, 6.07) is -0.554. The topological polar surface area (TPSA) is 64.6 Å². The summed E-state index contributed by atoms with van der Waals surface area (Å²) in [5, 5.41) is 2.96. The number of methoxy groups -OCH3 is 2. The third-order valence-electron chi connectivity index (χ3n) is 2.42. The van der Waals surface area contributed by atoms with Gasteiger partial charge in [0.1, 0.15) is 6.04 Å². The molecule has 2 atom stereocenters. The number of carbonyl (C=O) groups is 2. The van der Waals surface area contributed by atoms with E-state index in [-0.39, 0.29) is 5.97 Å². The molecule has 5 nitrogen and oxygen atoms in total. The maximum atomic E-state index is 11.3. The second-order valence-corrected chi connectivity index (χ2v) is 3.23. The van der Waals surface area contributed by atoms with Gasteiger partial charge in [0.2, 0.25) is 0 Å². The van der Waals surface area contributed by atoms with E-state index >= 15 is 0 Å². The first-order valence-corrected chi connectivity index (χ1v) is 4.59. The van der Waals surface area contributed by atoms with E-state index in [9.17, 15) is 9.59 Å². The van der Waals surface area contributed by atoms with E-state index in [0.29, 0.717) is 6.42 Å². The zero-order valence-electron chi connectivity index (χ0n) is 8.41. The van der Waals surface area contributed by atoms with Crippen LogP contribution in [0.1, 0.15) is 12.8 Å². The van der Waals surface area contributed by atoms with Gasteiger partial charge in [0.15, 0.2) is 0 Å². The molecule has 80 valence electrons. The second-order valence-electron chi connectivity index (χ2n) is 3.23. The normalized spacial score (nSPS) is 26.7. The van der Waals surface area contributed by atoms with Crippen molar-refractivity contribution < 1.29 is 19.1 Å². The van der Waals surface area contributed by atoms with Gasteiger partial charge in [-0.3, -0.25) is 9.59 Å². The van der Waals surface area contributed by atoms with Crippen LogP contribution in [0.15, 0.2) is 0 Å². The molecule has 0 aromatic rings. The highest BCUT2D eigenvalue weighted by Gasteiger charge is 2.36. The maximum absolute atomic E-state index is 11.3. The van der Waals surface area contributed by atoms with E-state index in [2.05, 4.69) is 14.8 Å². The maximum Gasteiger partial charge on any atom is 0.323 e. The number of piperidine rings is 1. The van der Waals surface area contributed by atoms with Gasteiger partial charge in [-0.1, -0.05) is 0 Å². The third-order valence-corrected chi connectivity index (χ3v) is 2.42.